The molecule has 102 valence electrons. The van der Waals surface area contributed by atoms with Gasteiger partial charge in [-0.25, -0.2) is 9.97 Å². The lowest BCUT2D eigenvalue weighted by molar-refractivity contribution is -0.143. The zero-order valence-corrected chi connectivity index (χ0v) is 11.4. The van der Waals surface area contributed by atoms with Crippen LogP contribution in [0, 0.1) is 0 Å². The molecule has 0 radical (unpaired) electrons. The van der Waals surface area contributed by atoms with Crippen molar-refractivity contribution in [2.24, 2.45) is 0 Å². The maximum atomic E-state index is 11.9. The SMILES string of the molecule is COC(=O)C1(c2nccc(C3CCCCC3)n2)CC1. The highest BCUT2D eigenvalue weighted by atomic mass is 16.5. The van der Waals surface area contributed by atoms with E-state index in [0.717, 1.165) is 18.5 Å². The van der Waals surface area contributed by atoms with Crippen LogP contribution in [0.25, 0.3) is 0 Å². The highest BCUT2D eigenvalue weighted by molar-refractivity contribution is 5.85. The fourth-order valence-corrected chi connectivity index (χ4v) is 3.07. The van der Waals surface area contributed by atoms with E-state index in [1.54, 1.807) is 6.20 Å². The summed E-state index contributed by atoms with van der Waals surface area (Å²) in [7, 11) is 1.44. The summed E-state index contributed by atoms with van der Waals surface area (Å²) in [6, 6.07) is 2.01. The Bertz CT molecular complexity index is 477. The number of esters is 1. The smallest absolute Gasteiger partial charge is 0.319 e. The molecular formula is C15H20N2O2. The lowest BCUT2D eigenvalue weighted by Crippen LogP contribution is -2.25. The van der Waals surface area contributed by atoms with Crippen molar-refractivity contribution in [3.63, 3.8) is 0 Å². The molecule has 0 aromatic carbocycles. The Hall–Kier alpha value is -1.45. The topological polar surface area (TPSA) is 52.1 Å². The molecule has 0 amide bonds. The first-order valence-corrected chi connectivity index (χ1v) is 7.18. The summed E-state index contributed by atoms with van der Waals surface area (Å²) < 4.78 is 4.90. The molecular weight excluding hydrogens is 240 g/mol. The van der Waals surface area contributed by atoms with Gasteiger partial charge in [-0.15, -0.1) is 0 Å². The molecule has 1 aromatic heterocycles. The molecule has 2 aliphatic carbocycles. The van der Waals surface area contributed by atoms with E-state index in [-0.39, 0.29) is 5.97 Å². The van der Waals surface area contributed by atoms with Gasteiger partial charge in [-0.05, 0) is 31.7 Å². The fraction of sp³-hybridized carbons (Fsp3) is 0.667. The van der Waals surface area contributed by atoms with Crippen molar-refractivity contribution in [3.05, 3.63) is 23.8 Å². The first kappa shape index (κ1) is 12.6. The molecule has 19 heavy (non-hydrogen) atoms. The quantitative estimate of drug-likeness (QED) is 0.784. The minimum atomic E-state index is -0.542. The van der Waals surface area contributed by atoms with Crippen molar-refractivity contribution in [1.29, 1.82) is 0 Å². The van der Waals surface area contributed by atoms with Gasteiger partial charge in [0.25, 0.3) is 0 Å². The summed E-state index contributed by atoms with van der Waals surface area (Å²) in [4.78, 5) is 20.9. The second kappa shape index (κ2) is 4.91. The van der Waals surface area contributed by atoms with Crippen molar-refractivity contribution in [3.8, 4) is 0 Å². The second-order valence-electron chi connectivity index (χ2n) is 5.71. The molecule has 0 N–H and O–H groups in total. The van der Waals surface area contributed by atoms with E-state index in [1.165, 1.54) is 39.2 Å². The maximum absolute atomic E-state index is 11.9. The molecule has 0 spiro atoms. The van der Waals surface area contributed by atoms with Crippen LogP contribution in [0.1, 0.15) is 62.4 Å². The Morgan fingerprint density at radius 1 is 1.32 bits per heavy atom. The predicted octanol–water partition coefficient (Wildman–Crippen LogP) is 2.73. The summed E-state index contributed by atoms with van der Waals surface area (Å²) in [5.41, 5.74) is 0.569. The van der Waals surface area contributed by atoms with Crippen molar-refractivity contribution in [2.75, 3.05) is 7.11 Å². The van der Waals surface area contributed by atoms with Crippen LogP contribution in [0.4, 0.5) is 0 Å². The van der Waals surface area contributed by atoms with Gasteiger partial charge in [0.2, 0.25) is 0 Å². The number of nitrogens with zero attached hydrogens (tertiary/aromatic N) is 2. The lowest BCUT2D eigenvalue weighted by Gasteiger charge is -2.22. The average molecular weight is 260 g/mol. The molecule has 4 heteroatoms. The van der Waals surface area contributed by atoms with Crippen LogP contribution in [0.15, 0.2) is 12.3 Å². The fourth-order valence-electron chi connectivity index (χ4n) is 3.07. The van der Waals surface area contributed by atoms with Crippen molar-refractivity contribution < 1.29 is 9.53 Å². The first-order valence-electron chi connectivity index (χ1n) is 7.18. The van der Waals surface area contributed by atoms with Gasteiger partial charge >= 0.3 is 5.97 Å². The van der Waals surface area contributed by atoms with Crippen LogP contribution in [0.3, 0.4) is 0 Å². The summed E-state index contributed by atoms with van der Waals surface area (Å²) in [6.45, 7) is 0. The largest absolute Gasteiger partial charge is 0.468 e. The summed E-state index contributed by atoms with van der Waals surface area (Å²) in [5, 5.41) is 0. The monoisotopic (exact) mass is 260 g/mol. The minimum absolute atomic E-state index is 0.187. The molecule has 2 fully saturated rings. The van der Waals surface area contributed by atoms with Gasteiger partial charge in [0.1, 0.15) is 11.2 Å². The van der Waals surface area contributed by atoms with Gasteiger partial charge in [-0.2, -0.15) is 0 Å². The molecule has 3 rings (SSSR count). The molecule has 0 unspecified atom stereocenters. The van der Waals surface area contributed by atoms with Crippen molar-refractivity contribution >= 4 is 5.97 Å². The first-order chi connectivity index (χ1) is 9.26. The third-order valence-corrected chi connectivity index (χ3v) is 4.45. The molecule has 0 saturated heterocycles. The number of carbonyl (C=O) groups is 1. The minimum Gasteiger partial charge on any atom is -0.468 e. The van der Waals surface area contributed by atoms with Crippen LogP contribution >= 0.6 is 0 Å². The number of aromatic nitrogens is 2. The summed E-state index contributed by atoms with van der Waals surface area (Å²) >= 11 is 0. The number of methoxy groups -OCH3 is 1. The van der Waals surface area contributed by atoms with Gasteiger partial charge in [-0.3, -0.25) is 4.79 Å². The molecule has 0 bridgehead atoms. The maximum Gasteiger partial charge on any atom is 0.319 e. The Labute approximate surface area is 113 Å². The highest BCUT2D eigenvalue weighted by Gasteiger charge is 2.55. The Morgan fingerprint density at radius 2 is 2.05 bits per heavy atom. The van der Waals surface area contributed by atoms with Gasteiger partial charge in [-0.1, -0.05) is 19.3 Å². The number of ether oxygens (including phenoxy) is 1. The summed E-state index contributed by atoms with van der Waals surface area (Å²) in [5.74, 6) is 1.03. The van der Waals surface area contributed by atoms with E-state index >= 15 is 0 Å². The van der Waals surface area contributed by atoms with Crippen LogP contribution < -0.4 is 0 Å². The van der Waals surface area contributed by atoms with E-state index < -0.39 is 5.41 Å². The van der Waals surface area contributed by atoms with Crippen LogP contribution in [0.2, 0.25) is 0 Å². The number of hydrogen-bond acceptors (Lipinski definition) is 4. The molecule has 1 aromatic rings. The highest BCUT2D eigenvalue weighted by Crippen LogP contribution is 2.47. The van der Waals surface area contributed by atoms with Crippen LogP contribution in [-0.2, 0) is 14.9 Å². The lowest BCUT2D eigenvalue weighted by atomic mass is 9.87. The Kier molecular flexibility index (Phi) is 3.25. The molecule has 0 aliphatic heterocycles. The predicted molar refractivity (Wildman–Crippen MR) is 70.8 cm³/mol. The third-order valence-electron chi connectivity index (χ3n) is 4.45. The third kappa shape index (κ3) is 2.24. The van der Waals surface area contributed by atoms with E-state index in [2.05, 4.69) is 9.97 Å². The molecule has 1 heterocycles. The molecule has 2 saturated carbocycles. The van der Waals surface area contributed by atoms with Gasteiger partial charge in [0, 0.05) is 17.8 Å². The molecule has 2 aliphatic rings. The van der Waals surface area contributed by atoms with Crippen LogP contribution in [0.5, 0.6) is 0 Å². The Morgan fingerprint density at radius 3 is 2.68 bits per heavy atom. The van der Waals surface area contributed by atoms with Gasteiger partial charge < -0.3 is 4.74 Å². The standard InChI is InChI=1S/C15H20N2O2/c1-19-14(18)15(8-9-15)13-16-10-7-12(17-13)11-5-3-2-4-6-11/h7,10-11H,2-6,8-9H2,1H3. The molecule has 4 nitrogen and oxygen atoms in total. The van der Waals surface area contributed by atoms with Crippen molar-refractivity contribution in [1.82, 2.24) is 9.97 Å². The number of hydrogen-bond donors (Lipinski definition) is 0. The summed E-state index contributed by atoms with van der Waals surface area (Å²) in [6.07, 6.45) is 9.75. The molecule has 0 atom stereocenters. The second-order valence-corrected chi connectivity index (χ2v) is 5.71. The van der Waals surface area contributed by atoms with Gasteiger partial charge in [0.05, 0.1) is 7.11 Å². The van der Waals surface area contributed by atoms with E-state index in [4.69, 9.17) is 4.74 Å². The number of rotatable bonds is 3. The zero-order valence-electron chi connectivity index (χ0n) is 11.4. The number of carbonyl (C=O) groups excluding carboxylic acids is 1. The van der Waals surface area contributed by atoms with E-state index in [9.17, 15) is 4.79 Å². The van der Waals surface area contributed by atoms with E-state index in [0.29, 0.717) is 11.7 Å². The Balaban J connectivity index is 1.86. The normalized spacial score (nSPS) is 21.9. The van der Waals surface area contributed by atoms with Crippen LogP contribution in [-0.4, -0.2) is 23.0 Å². The average Bonchev–Trinajstić information content (AvgIpc) is 3.29. The van der Waals surface area contributed by atoms with E-state index in [1.807, 2.05) is 6.07 Å². The zero-order chi connectivity index (χ0) is 13.3. The van der Waals surface area contributed by atoms with Crippen molar-refractivity contribution in [2.45, 2.75) is 56.3 Å². The van der Waals surface area contributed by atoms with Gasteiger partial charge in [0.15, 0.2) is 0 Å².